The van der Waals surface area contributed by atoms with Crippen LogP contribution in [0.4, 0.5) is 5.69 Å². The number of nitrogens with two attached hydrogens (primary N) is 2. The summed E-state index contributed by atoms with van der Waals surface area (Å²) in [7, 11) is -3.79. The molecule has 8 heteroatoms. The normalized spacial score (nSPS) is 11.1. The number of pyridine rings is 1. The Bertz CT molecular complexity index is 757. The third-order valence-electron chi connectivity index (χ3n) is 2.72. The van der Waals surface area contributed by atoms with Crippen LogP contribution in [0, 0.1) is 0 Å². The number of sulfonamides is 1. The summed E-state index contributed by atoms with van der Waals surface area (Å²) in [4.78, 5) is 15.0. The van der Waals surface area contributed by atoms with E-state index >= 15 is 0 Å². The molecule has 2 aromatic rings. The van der Waals surface area contributed by atoms with Crippen LogP contribution >= 0.6 is 0 Å². The molecule has 0 atom stereocenters. The van der Waals surface area contributed by atoms with Crippen molar-refractivity contribution in [3.8, 4) is 0 Å². The van der Waals surface area contributed by atoms with Crippen molar-refractivity contribution < 1.29 is 13.2 Å². The van der Waals surface area contributed by atoms with Gasteiger partial charge in [-0.25, -0.2) is 8.42 Å². The molecule has 0 unspecified atom stereocenters. The van der Waals surface area contributed by atoms with Crippen LogP contribution in [0.1, 0.15) is 16.1 Å². The van der Waals surface area contributed by atoms with Crippen LogP contribution in [-0.4, -0.2) is 19.3 Å². The topological polar surface area (TPSA) is 128 Å². The summed E-state index contributed by atoms with van der Waals surface area (Å²) in [6.45, 7) is 0.231. The summed E-state index contributed by atoms with van der Waals surface area (Å²) in [6.07, 6.45) is 1.22. The number of nitrogens with one attached hydrogen (secondary N) is 1. The first-order valence-corrected chi connectivity index (χ1v) is 7.48. The van der Waals surface area contributed by atoms with Crippen molar-refractivity contribution in [2.75, 3.05) is 4.72 Å². The van der Waals surface area contributed by atoms with Crippen LogP contribution in [-0.2, 0) is 16.6 Å². The van der Waals surface area contributed by atoms with Gasteiger partial charge in [0.05, 0.1) is 5.69 Å². The fourth-order valence-corrected chi connectivity index (χ4v) is 2.63. The molecule has 0 saturated heterocycles. The summed E-state index contributed by atoms with van der Waals surface area (Å²) in [6, 6.07) is 8.86. The predicted molar refractivity (Wildman–Crippen MR) is 77.9 cm³/mol. The molecule has 2 rings (SSSR count). The molecule has 0 aliphatic heterocycles. The zero-order chi connectivity index (χ0) is 15.5. The Morgan fingerprint density at radius 2 is 2.00 bits per heavy atom. The van der Waals surface area contributed by atoms with E-state index in [-0.39, 0.29) is 22.7 Å². The van der Waals surface area contributed by atoms with Gasteiger partial charge in [0.2, 0.25) is 5.91 Å². The highest BCUT2D eigenvalue weighted by Crippen LogP contribution is 2.16. The molecule has 0 aliphatic rings. The lowest BCUT2D eigenvalue weighted by atomic mass is 10.2. The number of primary amides is 1. The summed E-state index contributed by atoms with van der Waals surface area (Å²) in [5.41, 5.74) is 11.6. The number of benzene rings is 1. The summed E-state index contributed by atoms with van der Waals surface area (Å²) in [5, 5.41) is 0. The molecule has 0 spiro atoms. The first-order chi connectivity index (χ1) is 9.92. The van der Waals surface area contributed by atoms with Gasteiger partial charge in [-0.05, 0) is 30.3 Å². The molecule has 5 N–H and O–H groups in total. The first-order valence-electron chi connectivity index (χ1n) is 6.00. The second kappa shape index (κ2) is 5.90. The van der Waals surface area contributed by atoms with Crippen LogP contribution in [0.2, 0.25) is 0 Å². The smallest absolute Gasteiger partial charge is 0.263 e. The molecule has 0 saturated carbocycles. The van der Waals surface area contributed by atoms with E-state index in [4.69, 9.17) is 11.5 Å². The Morgan fingerprint density at radius 1 is 1.24 bits per heavy atom. The van der Waals surface area contributed by atoms with Crippen molar-refractivity contribution in [2.45, 2.75) is 11.4 Å². The van der Waals surface area contributed by atoms with Crippen LogP contribution < -0.4 is 16.2 Å². The van der Waals surface area contributed by atoms with Gasteiger partial charge in [0.15, 0.2) is 0 Å². The van der Waals surface area contributed by atoms with E-state index in [9.17, 15) is 13.2 Å². The minimum atomic E-state index is -3.79. The lowest BCUT2D eigenvalue weighted by Gasteiger charge is -2.09. The Balaban J connectivity index is 2.28. The minimum absolute atomic E-state index is 0.00387. The number of hydrogen-bond donors (Lipinski definition) is 3. The average molecular weight is 306 g/mol. The van der Waals surface area contributed by atoms with E-state index in [1.165, 1.54) is 42.6 Å². The standard InChI is InChI=1S/C13H14N4O3S/c14-7-11-4-5-12(8-16-11)21(19,20)17-10-3-1-2-9(6-10)13(15)18/h1-6,8,17H,7,14H2,(H2,15,18). The molecule has 1 heterocycles. The van der Waals surface area contributed by atoms with Gasteiger partial charge < -0.3 is 11.5 Å². The van der Waals surface area contributed by atoms with E-state index in [0.717, 1.165) is 0 Å². The fourth-order valence-electron chi connectivity index (χ4n) is 1.64. The van der Waals surface area contributed by atoms with Gasteiger partial charge in [0.25, 0.3) is 10.0 Å². The second-order valence-corrected chi connectivity index (χ2v) is 5.92. The van der Waals surface area contributed by atoms with E-state index in [1.54, 1.807) is 0 Å². The van der Waals surface area contributed by atoms with E-state index < -0.39 is 15.9 Å². The predicted octanol–water partition coefficient (Wildman–Crippen LogP) is 0.440. The third-order valence-corrected chi connectivity index (χ3v) is 4.08. The molecule has 7 nitrogen and oxygen atoms in total. The molecule has 21 heavy (non-hydrogen) atoms. The quantitative estimate of drug-likeness (QED) is 0.738. The lowest BCUT2D eigenvalue weighted by molar-refractivity contribution is 0.100. The molecule has 0 bridgehead atoms. The van der Waals surface area contributed by atoms with Crippen LogP contribution in [0.3, 0.4) is 0 Å². The van der Waals surface area contributed by atoms with Crippen LogP contribution in [0.15, 0.2) is 47.5 Å². The monoisotopic (exact) mass is 306 g/mol. The third kappa shape index (κ3) is 3.56. The van der Waals surface area contributed by atoms with Crippen LogP contribution in [0.25, 0.3) is 0 Å². The molecule has 0 aliphatic carbocycles. The SMILES string of the molecule is NCc1ccc(S(=O)(=O)Nc2cccc(C(N)=O)c2)cn1. The Labute approximate surface area is 122 Å². The molecular formula is C13H14N4O3S. The van der Waals surface area contributed by atoms with Crippen molar-refractivity contribution >= 4 is 21.6 Å². The summed E-state index contributed by atoms with van der Waals surface area (Å²) < 4.78 is 26.7. The number of amides is 1. The zero-order valence-electron chi connectivity index (χ0n) is 11.0. The van der Waals surface area contributed by atoms with Crippen LogP contribution in [0.5, 0.6) is 0 Å². The molecule has 110 valence electrons. The molecule has 0 fully saturated rings. The van der Waals surface area contributed by atoms with Gasteiger partial charge in [-0.3, -0.25) is 14.5 Å². The fraction of sp³-hybridized carbons (Fsp3) is 0.0769. The largest absolute Gasteiger partial charge is 0.366 e. The number of rotatable bonds is 5. The van der Waals surface area contributed by atoms with Gasteiger partial charge in [-0.15, -0.1) is 0 Å². The maximum atomic E-state index is 12.2. The van der Waals surface area contributed by atoms with Crippen molar-refractivity contribution in [2.24, 2.45) is 11.5 Å². The molecular weight excluding hydrogens is 292 g/mol. The van der Waals surface area contributed by atoms with E-state index in [0.29, 0.717) is 5.69 Å². The van der Waals surface area contributed by atoms with E-state index in [1.807, 2.05) is 0 Å². The van der Waals surface area contributed by atoms with Crippen molar-refractivity contribution in [3.05, 3.63) is 53.9 Å². The van der Waals surface area contributed by atoms with Gasteiger partial charge in [0.1, 0.15) is 4.90 Å². The van der Waals surface area contributed by atoms with E-state index in [2.05, 4.69) is 9.71 Å². The van der Waals surface area contributed by atoms with Gasteiger partial charge >= 0.3 is 0 Å². The number of aromatic nitrogens is 1. The maximum absolute atomic E-state index is 12.2. The Morgan fingerprint density at radius 3 is 2.57 bits per heavy atom. The molecule has 0 radical (unpaired) electrons. The van der Waals surface area contributed by atoms with Gasteiger partial charge in [-0.1, -0.05) is 6.07 Å². The molecule has 1 amide bonds. The first kappa shape index (κ1) is 14.9. The van der Waals surface area contributed by atoms with Gasteiger partial charge in [-0.2, -0.15) is 0 Å². The highest BCUT2D eigenvalue weighted by molar-refractivity contribution is 7.92. The number of carbonyl (C=O) groups is 1. The number of nitrogens with zero attached hydrogens (tertiary/aromatic N) is 1. The van der Waals surface area contributed by atoms with Gasteiger partial charge in [0, 0.05) is 24.0 Å². The Kier molecular flexibility index (Phi) is 4.20. The highest BCUT2D eigenvalue weighted by atomic mass is 32.2. The minimum Gasteiger partial charge on any atom is -0.366 e. The average Bonchev–Trinajstić information content (AvgIpc) is 2.47. The van der Waals surface area contributed by atoms with Crippen molar-refractivity contribution in [3.63, 3.8) is 0 Å². The summed E-state index contributed by atoms with van der Waals surface area (Å²) >= 11 is 0. The maximum Gasteiger partial charge on any atom is 0.263 e. The molecule has 1 aromatic heterocycles. The molecule has 1 aromatic carbocycles. The zero-order valence-corrected chi connectivity index (χ0v) is 11.8. The number of carbonyl (C=O) groups excluding carboxylic acids is 1. The van der Waals surface area contributed by atoms with Crippen molar-refractivity contribution in [1.82, 2.24) is 4.98 Å². The number of anilines is 1. The summed E-state index contributed by atoms with van der Waals surface area (Å²) in [5.74, 6) is -0.634. The lowest BCUT2D eigenvalue weighted by Crippen LogP contribution is -2.15. The number of hydrogen-bond acceptors (Lipinski definition) is 5. The Hall–Kier alpha value is -2.45. The second-order valence-electron chi connectivity index (χ2n) is 4.24. The van der Waals surface area contributed by atoms with Crippen molar-refractivity contribution in [1.29, 1.82) is 0 Å². The highest BCUT2D eigenvalue weighted by Gasteiger charge is 2.15.